The molecule has 0 saturated carbocycles. The van der Waals surface area contributed by atoms with Crippen molar-refractivity contribution < 1.29 is 4.42 Å². The summed E-state index contributed by atoms with van der Waals surface area (Å²) in [6, 6.07) is 11.7. The minimum absolute atomic E-state index is 0.109. The Bertz CT molecular complexity index is 439. The summed E-state index contributed by atoms with van der Waals surface area (Å²) < 4.78 is 5.29. The Kier molecular flexibility index (Phi) is 4.20. The van der Waals surface area contributed by atoms with Gasteiger partial charge >= 0.3 is 0 Å². The van der Waals surface area contributed by atoms with Crippen LogP contribution in [0.2, 0.25) is 5.02 Å². The first kappa shape index (κ1) is 12.2. The fourth-order valence-electron chi connectivity index (χ4n) is 1.78. The number of rotatable bonds is 5. The number of nitrogens with two attached hydrogens (primary N) is 1. The summed E-state index contributed by atoms with van der Waals surface area (Å²) >= 11 is 5.85. The molecular formula is C13H15ClN2O. The highest BCUT2D eigenvalue weighted by molar-refractivity contribution is 6.30. The third-order valence-corrected chi connectivity index (χ3v) is 2.99. The molecule has 1 heterocycles. The topological polar surface area (TPSA) is 51.2 Å². The van der Waals surface area contributed by atoms with Crippen molar-refractivity contribution in [2.45, 2.75) is 18.9 Å². The molecule has 0 bridgehead atoms. The summed E-state index contributed by atoms with van der Waals surface area (Å²) in [5.74, 6) is 6.54. The van der Waals surface area contributed by atoms with Crippen LogP contribution in [0.5, 0.6) is 0 Å². The van der Waals surface area contributed by atoms with Crippen molar-refractivity contribution in [2.24, 2.45) is 5.84 Å². The summed E-state index contributed by atoms with van der Waals surface area (Å²) in [6.07, 6.45) is 3.42. The number of nitrogens with one attached hydrogen (secondary N) is 1. The van der Waals surface area contributed by atoms with Crippen molar-refractivity contribution in [3.8, 4) is 0 Å². The molecule has 0 saturated heterocycles. The zero-order valence-corrected chi connectivity index (χ0v) is 10.2. The summed E-state index contributed by atoms with van der Waals surface area (Å²) in [6.45, 7) is 0. The Morgan fingerprint density at radius 3 is 2.59 bits per heavy atom. The normalized spacial score (nSPS) is 12.6. The Hall–Kier alpha value is -1.29. The number of aryl methyl sites for hydroxylation is 1. The Morgan fingerprint density at radius 1 is 1.24 bits per heavy atom. The first-order valence-corrected chi connectivity index (χ1v) is 5.91. The summed E-state index contributed by atoms with van der Waals surface area (Å²) in [5.41, 5.74) is 3.94. The zero-order chi connectivity index (χ0) is 12.1. The Labute approximate surface area is 106 Å². The van der Waals surface area contributed by atoms with E-state index in [1.54, 1.807) is 6.26 Å². The molecular weight excluding hydrogens is 236 g/mol. The van der Waals surface area contributed by atoms with Gasteiger partial charge in [0.1, 0.15) is 5.76 Å². The molecule has 17 heavy (non-hydrogen) atoms. The van der Waals surface area contributed by atoms with Crippen LogP contribution in [0.3, 0.4) is 0 Å². The smallest absolute Gasteiger partial charge is 0.103 e. The van der Waals surface area contributed by atoms with Crippen LogP contribution in [0.15, 0.2) is 47.1 Å². The molecule has 4 heteroatoms. The second-order valence-corrected chi connectivity index (χ2v) is 4.33. The van der Waals surface area contributed by atoms with Crippen molar-refractivity contribution in [3.05, 3.63) is 59.0 Å². The third-order valence-electron chi connectivity index (χ3n) is 2.73. The predicted octanol–water partition coefficient (Wildman–Crippen LogP) is 3.07. The minimum Gasteiger partial charge on any atom is -0.469 e. The van der Waals surface area contributed by atoms with E-state index in [0.717, 1.165) is 29.2 Å². The lowest BCUT2D eigenvalue weighted by molar-refractivity contribution is 0.458. The van der Waals surface area contributed by atoms with Gasteiger partial charge < -0.3 is 4.42 Å². The first-order valence-electron chi connectivity index (χ1n) is 5.53. The van der Waals surface area contributed by atoms with Crippen LogP contribution in [0, 0.1) is 0 Å². The van der Waals surface area contributed by atoms with Gasteiger partial charge in [-0.3, -0.25) is 11.3 Å². The lowest BCUT2D eigenvalue weighted by Gasteiger charge is -2.15. The number of hydrogen-bond acceptors (Lipinski definition) is 3. The van der Waals surface area contributed by atoms with Gasteiger partial charge in [-0.2, -0.15) is 0 Å². The van der Waals surface area contributed by atoms with Gasteiger partial charge in [0.2, 0.25) is 0 Å². The molecule has 1 aromatic carbocycles. The van der Waals surface area contributed by atoms with Crippen LogP contribution >= 0.6 is 11.6 Å². The molecule has 0 aliphatic rings. The largest absolute Gasteiger partial charge is 0.469 e. The van der Waals surface area contributed by atoms with Gasteiger partial charge in [-0.05, 0) is 36.2 Å². The van der Waals surface area contributed by atoms with Crippen LogP contribution in [0.4, 0.5) is 0 Å². The lowest BCUT2D eigenvalue weighted by atomic mass is 10.0. The average Bonchev–Trinajstić information content (AvgIpc) is 2.85. The molecule has 1 aromatic heterocycles. The highest BCUT2D eigenvalue weighted by Crippen LogP contribution is 2.20. The van der Waals surface area contributed by atoms with Gasteiger partial charge in [-0.1, -0.05) is 23.7 Å². The molecule has 90 valence electrons. The fraction of sp³-hybridized carbons (Fsp3) is 0.231. The SMILES string of the molecule is NNC(CCc1ccco1)c1ccc(Cl)cc1. The monoisotopic (exact) mass is 250 g/mol. The van der Waals surface area contributed by atoms with Crippen LogP contribution in [-0.4, -0.2) is 0 Å². The number of halogens is 1. The molecule has 0 amide bonds. The van der Waals surface area contributed by atoms with Crippen molar-refractivity contribution in [3.63, 3.8) is 0 Å². The van der Waals surface area contributed by atoms with Crippen LogP contribution in [0.1, 0.15) is 23.8 Å². The molecule has 0 fully saturated rings. The second kappa shape index (κ2) is 5.87. The van der Waals surface area contributed by atoms with Crippen LogP contribution < -0.4 is 11.3 Å². The number of benzene rings is 1. The van der Waals surface area contributed by atoms with E-state index in [1.165, 1.54) is 0 Å². The molecule has 0 aliphatic heterocycles. The first-order chi connectivity index (χ1) is 8.29. The maximum atomic E-state index is 5.85. The molecule has 2 aromatic rings. The van der Waals surface area contributed by atoms with E-state index in [0.29, 0.717) is 0 Å². The van der Waals surface area contributed by atoms with E-state index in [9.17, 15) is 0 Å². The maximum Gasteiger partial charge on any atom is 0.103 e. The molecule has 3 nitrogen and oxygen atoms in total. The van der Waals surface area contributed by atoms with Crippen molar-refractivity contribution in [2.75, 3.05) is 0 Å². The van der Waals surface area contributed by atoms with E-state index >= 15 is 0 Å². The number of hydrazine groups is 1. The zero-order valence-electron chi connectivity index (χ0n) is 9.40. The van der Waals surface area contributed by atoms with Crippen molar-refractivity contribution in [1.29, 1.82) is 0 Å². The highest BCUT2D eigenvalue weighted by atomic mass is 35.5. The van der Waals surface area contributed by atoms with Gasteiger partial charge in [-0.15, -0.1) is 0 Å². The van der Waals surface area contributed by atoms with Gasteiger partial charge in [-0.25, -0.2) is 0 Å². The molecule has 3 N–H and O–H groups in total. The van der Waals surface area contributed by atoms with E-state index in [1.807, 2.05) is 36.4 Å². The third kappa shape index (κ3) is 3.33. The standard InChI is InChI=1S/C13H15ClN2O/c14-11-5-3-10(4-6-11)13(16-15)8-7-12-2-1-9-17-12/h1-6,9,13,16H,7-8,15H2. The van der Waals surface area contributed by atoms with E-state index < -0.39 is 0 Å². The molecule has 1 unspecified atom stereocenters. The predicted molar refractivity (Wildman–Crippen MR) is 68.5 cm³/mol. The van der Waals surface area contributed by atoms with Crippen LogP contribution in [-0.2, 0) is 6.42 Å². The summed E-state index contributed by atoms with van der Waals surface area (Å²) in [7, 11) is 0. The van der Waals surface area contributed by atoms with Crippen LogP contribution in [0.25, 0.3) is 0 Å². The quantitative estimate of drug-likeness (QED) is 0.633. The molecule has 2 rings (SSSR count). The summed E-state index contributed by atoms with van der Waals surface area (Å²) in [5, 5.41) is 0.732. The molecule has 1 atom stereocenters. The maximum absolute atomic E-state index is 5.85. The Balaban J connectivity index is 1.99. The van der Waals surface area contributed by atoms with Gasteiger partial charge in [0.15, 0.2) is 0 Å². The van der Waals surface area contributed by atoms with Crippen molar-refractivity contribution in [1.82, 2.24) is 5.43 Å². The highest BCUT2D eigenvalue weighted by Gasteiger charge is 2.10. The molecule has 0 aliphatic carbocycles. The van der Waals surface area contributed by atoms with Gasteiger partial charge in [0, 0.05) is 17.5 Å². The van der Waals surface area contributed by atoms with Crippen molar-refractivity contribution >= 4 is 11.6 Å². The minimum atomic E-state index is 0.109. The van der Waals surface area contributed by atoms with Gasteiger partial charge in [0.25, 0.3) is 0 Å². The van der Waals surface area contributed by atoms with Gasteiger partial charge in [0.05, 0.1) is 6.26 Å². The molecule has 0 spiro atoms. The van der Waals surface area contributed by atoms with E-state index in [2.05, 4.69) is 5.43 Å². The van der Waals surface area contributed by atoms with E-state index in [4.69, 9.17) is 21.9 Å². The fourth-order valence-corrected chi connectivity index (χ4v) is 1.91. The van der Waals surface area contributed by atoms with E-state index in [-0.39, 0.29) is 6.04 Å². The molecule has 0 radical (unpaired) electrons. The average molecular weight is 251 g/mol. The summed E-state index contributed by atoms with van der Waals surface area (Å²) in [4.78, 5) is 0. The number of furan rings is 1. The Morgan fingerprint density at radius 2 is 2.00 bits per heavy atom. The lowest BCUT2D eigenvalue weighted by Crippen LogP contribution is -2.28. The second-order valence-electron chi connectivity index (χ2n) is 3.89. The number of hydrogen-bond donors (Lipinski definition) is 2.